The third kappa shape index (κ3) is 4.73. The average molecular weight is 319 g/mol. The Morgan fingerprint density at radius 3 is 2.48 bits per heavy atom. The van der Waals surface area contributed by atoms with E-state index in [1.165, 1.54) is 31.2 Å². The summed E-state index contributed by atoms with van der Waals surface area (Å²) in [6, 6.07) is 6.16. The highest BCUT2D eigenvalue weighted by molar-refractivity contribution is 5.42. The first-order valence-corrected chi connectivity index (χ1v) is 9.47. The lowest BCUT2D eigenvalue weighted by Crippen LogP contribution is -2.23. The van der Waals surface area contributed by atoms with Gasteiger partial charge in [-0.3, -0.25) is 0 Å². The second kappa shape index (κ2) is 8.19. The summed E-state index contributed by atoms with van der Waals surface area (Å²) in [5, 5.41) is 20.8. The first-order chi connectivity index (χ1) is 11.0. The van der Waals surface area contributed by atoms with Crippen LogP contribution in [0, 0.1) is 0 Å². The number of rotatable bonds is 7. The maximum Gasteiger partial charge on any atom is 0.119 e. The molecule has 2 nitrogen and oxygen atoms in total. The van der Waals surface area contributed by atoms with E-state index in [1.54, 1.807) is 0 Å². The molecule has 0 radical (unpaired) electrons. The maximum atomic E-state index is 10.5. The molecule has 0 heterocycles. The molecule has 1 aromatic carbocycles. The lowest BCUT2D eigenvalue weighted by Gasteiger charge is -2.30. The monoisotopic (exact) mass is 318 g/mol. The Balaban J connectivity index is 2.08. The highest BCUT2D eigenvalue weighted by Gasteiger charge is 2.28. The molecule has 0 bridgehead atoms. The van der Waals surface area contributed by atoms with Crippen LogP contribution >= 0.6 is 0 Å². The minimum atomic E-state index is -0.303. The van der Waals surface area contributed by atoms with Crippen molar-refractivity contribution >= 4 is 0 Å². The van der Waals surface area contributed by atoms with Crippen LogP contribution in [0.2, 0.25) is 0 Å². The normalized spacial score (nSPS) is 22.3. The largest absolute Gasteiger partial charge is 0.508 e. The number of aliphatic hydroxyl groups is 1. The van der Waals surface area contributed by atoms with Crippen LogP contribution in [-0.4, -0.2) is 16.3 Å². The van der Waals surface area contributed by atoms with Crippen molar-refractivity contribution in [2.75, 3.05) is 0 Å². The maximum absolute atomic E-state index is 10.5. The van der Waals surface area contributed by atoms with Gasteiger partial charge in [0.2, 0.25) is 0 Å². The van der Waals surface area contributed by atoms with Crippen molar-refractivity contribution in [1.29, 1.82) is 0 Å². The van der Waals surface area contributed by atoms with E-state index in [1.807, 2.05) is 6.07 Å². The third-order valence-corrected chi connectivity index (χ3v) is 5.60. The standard InChI is InChI=1S/C21H34O2/c1-4-5-6-9-14-21(2,3)16-12-13-18(20(23)15-16)17-10-7-8-11-19(17)22/h12-13,15,17,19,22-23H,4-11,14H2,1-3H3. The van der Waals surface area contributed by atoms with Gasteiger partial charge in [0.1, 0.15) is 5.75 Å². The van der Waals surface area contributed by atoms with Crippen LogP contribution in [0.4, 0.5) is 0 Å². The minimum Gasteiger partial charge on any atom is -0.508 e. The van der Waals surface area contributed by atoms with Crippen molar-refractivity contribution in [3.05, 3.63) is 29.3 Å². The number of aliphatic hydroxyl groups excluding tert-OH is 1. The lowest BCUT2D eigenvalue weighted by molar-refractivity contribution is 0.105. The zero-order valence-corrected chi connectivity index (χ0v) is 15.1. The zero-order chi connectivity index (χ0) is 16.9. The Labute approximate surface area is 141 Å². The fraction of sp³-hybridized carbons (Fsp3) is 0.714. The van der Waals surface area contributed by atoms with Crippen LogP contribution < -0.4 is 0 Å². The molecule has 0 spiro atoms. The Hall–Kier alpha value is -1.02. The summed E-state index contributed by atoms with van der Waals surface area (Å²) in [6.07, 6.45) is 10.0. The molecule has 1 aliphatic carbocycles. The molecule has 0 amide bonds. The van der Waals surface area contributed by atoms with Gasteiger partial charge in [-0.05, 0) is 41.9 Å². The topological polar surface area (TPSA) is 40.5 Å². The summed E-state index contributed by atoms with van der Waals surface area (Å²) in [6.45, 7) is 6.77. The molecule has 1 fully saturated rings. The van der Waals surface area contributed by atoms with Gasteiger partial charge in [0.25, 0.3) is 0 Å². The van der Waals surface area contributed by atoms with E-state index in [4.69, 9.17) is 0 Å². The predicted octanol–water partition coefficient (Wildman–Crippen LogP) is 5.66. The minimum absolute atomic E-state index is 0.0922. The van der Waals surface area contributed by atoms with Crippen LogP contribution in [0.15, 0.2) is 18.2 Å². The Morgan fingerprint density at radius 2 is 1.83 bits per heavy atom. The summed E-state index contributed by atoms with van der Waals surface area (Å²) < 4.78 is 0. The van der Waals surface area contributed by atoms with Crippen LogP contribution in [0.25, 0.3) is 0 Å². The number of phenolic OH excluding ortho intramolecular Hbond substituents is 1. The second-order valence-corrected chi connectivity index (χ2v) is 7.93. The summed E-state index contributed by atoms with van der Waals surface area (Å²) in [4.78, 5) is 0. The van der Waals surface area contributed by atoms with E-state index in [0.29, 0.717) is 5.75 Å². The number of benzene rings is 1. The molecule has 1 aromatic rings. The van der Waals surface area contributed by atoms with Gasteiger partial charge in [-0.2, -0.15) is 0 Å². The van der Waals surface area contributed by atoms with Crippen molar-refractivity contribution < 1.29 is 10.2 Å². The molecule has 1 aliphatic rings. The van der Waals surface area contributed by atoms with Crippen LogP contribution in [0.1, 0.15) is 95.6 Å². The van der Waals surface area contributed by atoms with Crippen molar-refractivity contribution in [3.63, 3.8) is 0 Å². The molecule has 2 heteroatoms. The van der Waals surface area contributed by atoms with Crippen LogP contribution in [-0.2, 0) is 5.41 Å². The molecule has 0 aliphatic heterocycles. The van der Waals surface area contributed by atoms with E-state index < -0.39 is 0 Å². The third-order valence-electron chi connectivity index (χ3n) is 5.60. The molecule has 2 rings (SSSR count). The number of phenols is 1. The smallest absolute Gasteiger partial charge is 0.119 e. The van der Waals surface area contributed by atoms with Gasteiger partial charge in [0.15, 0.2) is 0 Å². The van der Waals surface area contributed by atoms with E-state index in [9.17, 15) is 10.2 Å². The summed E-state index contributed by atoms with van der Waals surface area (Å²) >= 11 is 0. The van der Waals surface area contributed by atoms with Crippen LogP contribution in [0.5, 0.6) is 5.75 Å². The van der Waals surface area contributed by atoms with Gasteiger partial charge in [-0.1, -0.05) is 71.4 Å². The number of unbranched alkanes of at least 4 members (excludes halogenated alkanes) is 3. The van der Waals surface area contributed by atoms with Gasteiger partial charge in [0.05, 0.1) is 6.10 Å². The molecule has 2 unspecified atom stereocenters. The molecule has 0 aromatic heterocycles. The second-order valence-electron chi connectivity index (χ2n) is 7.93. The number of hydrogen-bond acceptors (Lipinski definition) is 2. The summed E-state index contributed by atoms with van der Waals surface area (Å²) in [7, 11) is 0. The van der Waals surface area contributed by atoms with Gasteiger partial charge in [-0.25, -0.2) is 0 Å². The van der Waals surface area contributed by atoms with E-state index in [-0.39, 0.29) is 17.4 Å². The lowest BCUT2D eigenvalue weighted by atomic mass is 9.77. The van der Waals surface area contributed by atoms with Gasteiger partial charge >= 0.3 is 0 Å². The number of hydrogen-bond donors (Lipinski definition) is 2. The van der Waals surface area contributed by atoms with Gasteiger partial charge < -0.3 is 10.2 Å². The molecule has 2 N–H and O–H groups in total. The van der Waals surface area contributed by atoms with Crippen LogP contribution in [0.3, 0.4) is 0 Å². The predicted molar refractivity (Wildman–Crippen MR) is 97.1 cm³/mol. The average Bonchev–Trinajstić information content (AvgIpc) is 2.52. The van der Waals surface area contributed by atoms with Crippen molar-refractivity contribution in [3.8, 4) is 5.75 Å². The molecular weight excluding hydrogens is 284 g/mol. The Morgan fingerprint density at radius 1 is 1.09 bits per heavy atom. The van der Waals surface area contributed by atoms with Crippen molar-refractivity contribution in [2.45, 2.75) is 96.0 Å². The Bertz CT molecular complexity index is 493. The quantitative estimate of drug-likeness (QED) is 0.637. The zero-order valence-electron chi connectivity index (χ0n) is 15.1. The fourth-order valence-corrected chi connectivity index (χ4v) is 3.89. The molecule has 2 atom stereocenters. The van der Waals surface area contributed by atoms with Gasteiger partial charge in [0, 0.05) is 5.92 Å². The molecular formula is C21H34O2. The molecule has 130 valence electrons. The Kier molecular flexibility index (Phi) is 6.52. The first kappa shape index (κ1) is 18.3. The fourth-order valence-electron chi connectivity index (χ4n) is 3.89. The molecule has 23 heavy (non-hydrogen) atoms. The number of aromatic hydroxyl groups is 1. The van der Waals surface area contributed by atoms with E-state index >= 15 is 0 Å². The van der Waals surface area contributed by atoms with E-state index in [2.05, 4.69) is 32.9 Å². The molecule has 1 saturated carbocycles. The SMILES string of the molecule is CCCCCCC(C)(C)c1ccc(C2CCCCC2O)c(O)c1. The summed E-state index contributed by atoms with van der Waals surface area (Å²) in [5.41, 5.74) is 2.23. The van der Waals surface area contributed by atoms with Crippen molar-refractivity contribution in [2.24, 2.45) is 0 Å². The highest BCUT2D eigenvalue weighted by atomic mass is 16.3. The summed E-state index contributed by atoms with van der Waals surface area (Å²) in [5.74, 6) is 0.473. The molecule has 0 saturated heterocycles. The van der Waals surface area contributed by atoms with E-state index in [0.717, 1.165) is 37.7 Å². The highest BCUT2D eigenvalue weighted by Crippen LogP contribution is 2.40. The van der Waals surface area contributed by atoms with Crippen molar-refractivity contribution in [1.82, 2.24) is 0 Å². The van der Waals surface area contributed by atoms with Gasteiger partial charge in [-0.15, -0.1) is 0 Å². The first-order valence-electron chi connectivity index (χ1n) is 9.47.